The van der Waals surface area contributed by atoms with Crippen molar-refractivity contribution in [3.63, 3.8) is 0 Å². The maximum absolute atomic E-state index is 12.4. The summed E-state index contributed by atoms with van der Waals surface area (Å²) in [5, 5.41) is 5.92. The summed E-state index contributed by atoms with van der Waals surface area (Å²) in [4.78, 5) is 24.6. The topological polar surface area (TPSA) is 67.4 Å². The number of rotatable bonds is 5. The molecule has 0 bridgehead atoms. The van der Waals surface area contributed by atoms with Crippen LogP contribution >= 0.6 is 11.6 Å². The number of carbonyl (C=O) groups excluding carboxylic acids is 2. The molecule has 0 spiro atoms. The van der Waals surface area contributed by atoms with Crippen LogP contribution in [0.3, 0.4) is 0 Å². The van der Waals surface area contributed by atoms with Crippen LogP contribution in [0.4, 0.5) is 5.69 Å². The summed E-state index contributed by atoms with van der Waals surface area (Å²) in [5.41, 5.74) is -0.702. The van der Waals surface area contributed by atoms with Gasteiger partial charge in [0, 0.05) is 13.2 Å². The van der Waals surface area contributed by atoms with Crippen molar-refractivity contribution in [2.75, 3.05) is 18.5 Å². The molecule has 5 nitrogen and oxygen atoms in total. The van der Waals surface area contributed by atoms with Gasteiger partial charge in [0.1, 0.15) is 5.41 Å². The summed E-state index contributed by atoms with van der Waals surface area (Å²) < 4.78 is 5.46. The van der Waals surface area contributed by atoms with Crippen molar-refractivity contribution < 1.29 is 14.3 Å². The van der Waals surface area contributed by atoms with Crippen LogP contribution in [-0.4, -0.2) is 31.1 Å². The number of anilines is 1. The molecule has 0 aliphatic carbocycles. The quantitative estimate of drug-likeness (QED) is 0.818. The van der Waals surface area contributed by atoms with Gasteiger partial charge in [-0.2, -0.15) is 0 Å². The Kier molecular flexibility index (Phi) is 5.42. The summed E-state index contributed by atoms with van der Waals surface area (Å²) in [6.07, 6.45) is 2.00. The Hall–Kier alpha value is -1.59. The molecule has 1 aliphatic heterocycles. The van der Waals surface area contributed by atoms with Crippen molar-refractivity contribution in [1.29, 1.82) is 0 Å². The molecule has 1 unspecified atom stereocenters. The second kappa shape index (κ2) is 7.11. The van der Waals surface area contributed by atoms with Gasteiger partial charge in [0.15, 0.2) is 0 Å². The zero-order valence-electron chi connectivity index (χ0n) is 12.8. The third-order valence-corrected chi connectivity index (χ3v) is 4.10. The van der Waals surface area contributed by atoms with E-state index in [-0.39, 0.29) is 12.0 Å². The average Bonchev–Trinajstić information content (AvgIpc) is 3.00. The van der Waals surface area contributed by atoms with Gasteiger partial charge in [-0.25, -0.2) is 0 Å². The van der Waals surface area contributed by atoms with Crippen molar-refractivity contribution in [3.8, 4) is 0 Å². The second-order valence-corrected chi connectivity index (χ2v) is 6.31. The number of hydrogen-bond acceptors (Lipinski definition) is 3. The maximum Gasteiger partial charge on any atom is 0.239 e. The molecule has 6 heteroatoms. The standard InChI is InChI=1S/C16H21ClN2O3/c1-16(2,14(20)18-10-11-6-5-9-22-11)15(21)19-13-8-4-3-7-12(13)17/h3-4,7-8,11H,5-6,9-10H2,1-2H3,(H,18,20)(H,19,21). The lowest BCUT2D eigenvalue weighted by molar-refractivity contribution is -0.138. The summed E-state index contributed by atoms with van der Waals surface area (Å²) in [6, 6.07) is 6.92. The zero-order chi connectivity index (χ0) is 16.2. The number of para-hydroxylation sites is 1. The molecular weight excluding hydrogens is 304 g/mol. The van der Waals surface area contributed by atoms with Crippen LogP contribution in [0.2, 0.25) is 5.02 Å². The molecule has 0 aromatic heterocycles. The molecule has 2 amide bonds. The molecule has 2 rings (SSSR count). The highest BCUT2D eigenvalue weighted by Crippen LogP contribution is 2.24. The first-order valence-electron chi connectivity index (χ1n) is 7.37. The van der Waals surface area contributed by atoms with E-state index in [0.717, 1.165) is 19.4 Å². The zero-order valence-corrected chi connectivity index (χ0v) is 13.6. The predicted octanol–water partition coefficient (Wildman–Crippen LogP) is 2.60. The molecule has 22 heavy (non-hydrogen) atoms. The lowest BCUT2D eigenvalue weighted by Crippen LogP contribution is -2.47. The normalized spacial score (nSPS) is 18.0. The minimum atomic E-state index is -1.20. The maximum atomic E-state index is 12.4. The van der Waals surface area contributed by atoms with E-state index in [9.17, 15) is 9.59 Å². The minimum absolute atomic E-state index is 0.0476. The molecule has 1 aromatic carbocycles. The summed E-state index contributed by atoms with van der Waals surface area (Å²) >= 11 is 6.01. The van der Waals surface area contributed by atoms with Crippen molar-refractivity contribution in [2.45, 2.75) is 32.8 Å². The van der Waals surface area contributed by atoms with E-state index in [2.05, 4.69) is 10.6 Å². The average molecular weight is 325 g/mol. The number of benzene rings is 1. The van der Waals surface area contributed by atoms with Gasteiger partial charge < -0.3 is 15.4 Å². The van der Waals surface area contributed by atoms with E-state index < -0.39 is 11.3 Å². The number of ether oxygens (including phenoxy) is 1. The first-order valence-corrected chi connectivity index (χ1v) is 7.75. The molecule has 1 fully saturated rings. The molecule has 1 aromatic rings. The first-order chi connectivity index (χ1) is 10.4. The van der Waals surface area contributed by atoms with Gasteiger partial charge >= 0.3 is 0 Å². The SMILES string of the molecule is CC(C)(C(=O)NCC1CCCO1)C(=O)Nc1ccccc1Cl. The lowest BCUT2D eigenvalue weighted by Gasteiger charge is -2.24. The van der Waals surface area contributed by atoms with Gasteiger partial charge in [0.25, 0.3) is 0 Å². The number of halogens is 1. The number of hydrogen-bond donors (Lipinski definition) is 2. The lowest BCUT2D eigenvalue weighted by atomic mass is 9.91. The fraction of sp³-hybridized carbons (Fsp3) is 0.500. The Morgan fingerprint density at radius 3 is 2.68 bits per heavy atom. The Morgan fingerprint density at radius 1 is 1.32 bits per heavy atom. The van der Waals surface area contributed by atoms with Crippen molar-refractivity contribution in [2.24, 2.45) is 5.41 Å². The molecule has 1 atom stereocenters. The summed E-state index contributed by atoms with van der Waals surface area (Å²) in [5.74, 6) is -0.724. The third-order valence-electron chi connectivity index (χ3n) is 3.77. The van der Waals surface area contributed by atoms with E-state index in [1.54, 1.807) is 38.1 Å². The largest absolute Gasteiger partial charge is 0.376 e. The van der Waals surface area contributed by atoms with Gasteiger partial charge in [0.2, 0.25) is 11.8 Å². The smallest absolute Gasteiger partial charge is 0.239 e. The van der Waals surface area contributed by atoms with Crippen LogP contribution in [0.5, 0.6) is 0 Å². The fourth-order valence-electron chi connectivity index (χ4n) is 2.18. The predicted molar refractivity (Wildman–Crippen MR) is 85.8 cm³/mol. The molecule has 0 radical (unpaired) electrons. The summed E-state index contributed by atoms with van der Waals surface area (Å²) in [6.45, 7) is 4.34. The number of carbonyl (C=O) groups is 2. The Morgan fingerprint density at radius 2 is 2.05 bits per heavy atom. The van der Waals surface area contributed by atoms with E-state index in [0.29, 0.717) is 17.3 Å². The summed E-state index contributed by atoms with van der Waals surface area (Å²) in [7, 11) is 0. The molecule has 0 saturated carbocycles. The van der Waals surface area contributed by atoms with Crippen molar-refractivity contribution in [3.05, 3.63) is 29.3 Å². The number of amides is 2. The van der Waals surface area contributed by atoms with Gasteiger partial charge in [-0.1, -0.05) is 23.7 Å². The minimum Gasteiger partial charge on any atom is -0.376 e. The van der Waals surface area contributed by atoms with Crippen LogP contribution in [0.15, 0.2) is 24.3 Å². The molecule has 2 N–H and O–H groups in total. The van der Waals surface area contributed by atoms with Crippen LogP contribution in [0, 0.1) is 5.41 Å². The van der Waals surface area contributed by atoms with E-state index in [1.807, 2.05) is 0 Å². The van der Waals surface area contributed by atoms with Crippen LogP contribution in [0.25, 0.3) is 0 Å². The van der Waals surface area contributed by atoms with Gasteiger partial charge in [-0.15, -0.1) is 0 Å². The van der Waals surface area contributed by atoms with Gasteiger partial charge in [-0.05, 0) is 38.8 Å². The Bertz CT molecular complexity index is 554. The Balaban J connectivity index is 1.94. The highest BCUT2D eigenvalue weighted by atomic mass is 35.5. The van der Waals surface area contributed by atoms with Crippen molar-refractivity contribution in [1.82, 2.24) is 5.32 Å². The molecule has 1 heterocycles. The van der Waals surface area contributed by atoms with Crippen molar-refractivity contribution >= 4 is 29.1 Å². The molecular formula is C16H21ClN2O3. The molecule has 1 aliphatic rings. The van der Waals surface area contributed by atoms with Crippen LogP contribution < -0.4 is 10.6 Å². The number of nitrogens with one attached hydrogen (secondary N) is 2. The van der Waals surface area contributed by atoms with Gasteiger partial charge in [-0.3, -0.25) is 9.59 Å². The van der Waals surface area contributed by atoms with E-state index in [1.165, 1.54) is 0 Å². The first kappa shape index (κ1) is 16.8. The second-order valence-electron chi connectivity index (χ2n) is 5.90. The fourth-order valence-corrected chi connectivity index (χ4v) is 2.36. The Labute approximate surface area is 135 Å². The highest BCUT2D eigenvalue weighted by molar-refractivity contribution is 6.33. The third kappa shape index (κ3) is 3.99. The van der Waals surface area contributed by atoms with Crippen LogP contribution in [0.1, 0.15) is 26.7 Å². The van der Waals surface area contributed by atoms with E-state index >= 15 is 0 Å². The highest BCUT2D eigenvalue weighted by Gasteiger charge is 2.36. The van der Waals surface area contributed by atoms with E-state index in [4.69, 9.17) is 16.3 Å². The monoisotopic (exact) mass is 324 g/mol. The molecule has 120 valence electrons. The molecule has 1 saturated heterocycles. The van der Waals surface area contributed by atoms with Crippen LogP contribution in [-0.2, 0) is 14.3 Å². The van der Waals surface area contributed by atoms with Gasteiger partial charge in [0.05, 0.1) is 16.8 Å².